The molecule has 0 amide bonds. The van der Waals surface area contributed by atoms with Crippen molar-refractivity contribution in [1.29, 1.82) is 0 Å². The molecule has 1 heteroatoms. The van der Waals surface area contributed by atoms with E-state index < -0.39 is 0 Å². The summed E-state index contributed by atoms with van der Waals surface area (Å²) in [7, 11) is 0. The van der Waals surface area contributed by atoms with Gasteiger partial charge in [0.2, 0.25) is 0 Å². The van der Waals surface area contributed by atoms with Gasteiger partial charge in [-0.3, -0.25) is 0 Å². The van der Waals surface area contributed by atoms with Crippen molar-refractivity contribution in [2.24, 2.45) is 11.8 Å². The van der Waals surface area contributed by atoms with Crippen LogP contribution in [-0.4, -0.2) is 0 Å². The predicted molar refractivity (Wildman–Crippen MR) is 123 cm³/mol. The number of ether oxygens (including phenoxy) is 1. The highest BCUT2D eigenvalue weighted by Gasteiger charge is 2.01. The normalized spacial score (nSPS) is 13.9. The van der Waals surface area contributed by atoms with Crippen molar-refractivity contribution in [2.45, 2.75) is 105 Å². The minimum Gasteiger partial charge on any atom is -0.459 e. The summed E-state index contributed by atoms with van der Waals surface area (Å²) in [6.07, 6.45) is 23.9. The average molecular weight is 375 g/mol. The van der Waals surface area contributed by atoms with Crippen LogP contribution in [-0.2, 0) is 4.74 Å². The van der Waals surface area contributed by atoms with Crippen molar-refractivity contribution in [3.05, 3.63) is 49.0 Å². The Hall–Kier alpha value is -1.24. The molecule has 0 aromatic heterocycles. The van der Waals surface area contributed by atoms with Gasteiger partial charge in [0.05, 0.1) is 0 Å². The Morgan fingerprint density at radius 2 is 1.11 bits per heavy atom. The van der Waals surface area contributed by atoms with Crippen molar-refractivity contribution >= 4 is 0 Å². The highest BCUT2D eigenvalue weighted by Crippen LogP contribution is 2.17. The van der Waals surface area contributed by atoms with Crippen molar-refractivity contribution in [3.8, 4) is 0 Å². The smallest absolute Gasteiger partial charge is 0.119 e. The number of hydrogen-bond donors (Lipinski definition) is 0. The van der Waals surface area contributed by atoms with E-state index in [9.17, 15) is 0 Å². The van der Waals surface area contributed by atoms with Gasteiger partial charge in [0, 0.05) is 0 Å². The van der Waals surface area contributed by atoms with Gasteiger partial charge in [-0.05, 0) is 36.8 Å². The Bertz CT molecular complexity index is 389. The first kappa shape index (κ1) is 25.8. The van der Waals surface area contributed by atoms with Gasteiger partial charge in [0.25, 0.3) is 0 Å². The van der Waals surface area contributed by atoms with Crippen LogP contribution in [0.3, 0.4) is 0 Å². The minimum atomic E-state index is 0.676. The molecule has 2 atom stereocenters. The van der Waals surface area contributed by atoms with Gasteiger partial charge < -0.3 is 4.74 Å². The lowest BCUT2D eigenvalue weighted by atomic mass is 9.99. The van der Waals surface area contributed by atoms with Crippen molar-refractivity contribution in [3.63, 3.8) is 0 Å². The molecule has 0 heterocycles. The minimum absolute atomic E-state index is 0.676. The van der Waals surface area contributed by atoms with Gasteiger partial charge in [0.15, 0.2) is 0 Å². The van der Waals surface area contributed by atoms with E-state index in [1.54, 1.807) is 0 Å². The molecule has 0 aromatic rings. The lowest BCUT2D eigenvalue weighted by Gasteiger charge is -2.09. The topological polar surface area (TPSA) is 9.23 Å². The molecular formula is C26H46O. The first-order valence-electron chi connectivity index (χ1n) is 11.4. The zero-order valence-corrected chi connectivity index (χ0v) is 18.8. The van der Waals surface area contributed by atoms with Crippen LogP contribution in [0, 0.1) is 11.8 Å². The number of unbranched alkanes of at least 4 members (excludes halogenated alkanes) is 6. The van der Waals surface area contributed by atoms with Crippen molar-refractivity contribution < 1.29 is 4.74 Å². The van der Waals surface area contributed by atoms with E-state index in [0.29, 0.717) is 11.5 Å². The summed E-state index contributed by atoms with van der Waals surface area (Å²) in [5.41, 5.74) is 0. The lowest BCUT2D eigenvalue weighted by Crippen LogP contribution is -1.94. The number of hydrogen-bond acceptors (Lipinski definition) is 1. The summed E-state index contributed by atoms with van der Waals surface area (Å²) in [6.45, 7) is 17.1. The van der Waals surface area contributed by atoms with E-state index in [4.69, 9.17) is 4.74 Å². The first-order valence-corrected chi connectivity index (χ1v) is 11.4. The SMILES string of the molecule is C=C(C=CCC(C)CCCCCC)OC(=C)C=CCC(C)CCCCCC. The molecule has 0 saturated carbocycles. The van der Waals surface area contributed by atoms with E-state index in [1.165, 1.54) is 64.2 Å². The van der Waals surface area contributed by atoms with Crippen LogP contribution < -0.4 is 0 Å². The third-order valence-corrected chi connectivity index (χ3v) is 5.05. The highest BCUT2D eigenvalue weighted by atomic mass is 16.5. The molecule has 0 N–H and O–H groups in total. The van der Waals surface area contributed by atoms with Gasteiger partial charge in [-0.1, -0.05) is 117 Å². The van der Waals surface area contributed by atoms with Gasteiger partial charge in [-0.25, -0.2) is 0 Å². The summed E-state index contributed by atoms with van der Waals surface area (Å²) in [5, 5.41) is 0. The summed E-state index contributed by atoms with van der Waals surface area (Å²) < 4.78 is 5.68. The first-order chi connectivity index (χ1) is 13.0. The van der Waals surface area contributed by atoms with Crippen LogP contribution in [0.4, 0.5) is 0 Å². The maximum absolute atomic E-state index is 5.68. The molecule has 0 saturated heterocycles. The Balaban J connectivity index is 3.88. The van der Waals surface area contributed by atoms with E-state index in [2.05, 4.69) is 53.0 Å². The maximum Gasteiger partial charge on any atom is 0.119 e. The zero-order chi connectivity index (χ0) is 20.3. The fourth-order valence-corrected chi connectivity index (χ4v) is 3.17. The van der Waals surface area contributed by atoms with Crippen LogP contribution in [0.1, 0.15) is 105 Å². The molecule has 2 unspecified atom stereocenters. The van der Waals surface area contributed by atoms with E-state index >= 15 is 0 Å². The average Bonchev–Trinajstić information content (AvgIpc) is 2.62. The van der Waals surface area contributed by atoms with E-state index in [1.807, 2.05) is 12.2 Å². The molecule has 0 fully saturated rings. The Morgan fingerprint density at radius 1 is 0.704 bits per heavy atom. The standard InChI is InChI=1S/C26H46O/c1-7-9-11-13-17-23(3)19-15-21-25(5)27-26(6)22-16-20-24(4)18-14-12-10-8-2/h15-16,21-24H,5-14,17-20H2,1-4H3. The van der Waals surface area contributed by atoms with Crippen LogP contribution >= 0.6 is 0 Å². The van der Waals surface area contributed by atoms with Gasteiger partial charge in [0.1, 0.15) is 11.5 Å². The molecular weight excluding hydrogens is 328 g/mol. The lowest BCUT2D eigenvalue weighted by molar-refractivity contribution is 0.339. The maximum atomic E-state index is 5.68. The largest absolute Gasteiger partial charge is 0.459 e. The van der Waals surface area contributed by atoms with Gasteiger partial charge in [-0.15, -0.1) is 0 Å². The van der Waals surface area contributed by atoms with Crippen LogP contribution in [0.5, 0.6) is 0 Å². The van der Waals surface area contributed by atoms with Gasteiger partial charge >= 0.3 is 0 Å². The molecule has 27 heavy (non-hydrogen) atoms. The van der Waals surface area contributed by atoms with Crippen molar-refractivity contribution in [1.82, 2.24) is 0 Å². The van der Waals surface area contributed by atoms with Gasteiger partial charge in [-0.2, -0.15) is 0 Å². The van der Waals surface area contributed by atoms with Crippen LogP contribution in [0.2, 0.25) is 0 Å². The Morgan fingerprint density at radius 3 is 1.48 bits per heavy atom. The molecule has 0 rings (SSSR count). The molecule has 156 valence electrons. The molecule has 0 aliphatic rings. The number of allylic oxidation sites excluding steroid dienone is 4. The third kappa shape index (κ3) is 17.9. The molecule has 0 spiro atoms. The fourth-order valence-electron chi connectivity index (χ4n) is 3.17. The van der Waals surface area contributed by atoms with Crippen LogP contribution in [0.15, 0.2) is 49.0 Å². The van der Waals surface area contributed by atoms with Crippen LogP contribution in [0.25, 0.3) is 0 Å². The van der Waals surface area contributed by atoms with E-state index in [-0.39, 0.29) is 0 Å². The van der Waals surface area contributed by atoms with E-state index in [0.717, 1.165) is 24.7 Å². The third-order valence-electron chi connectivity index (χ3n) is 5.05. The summed E-state index contributed by atoms with van der Waals surface area (Å²) >= 11 is 0. The Labute approximate surface area is 170 Å². The second kappa shape index (κ2) is 18.1. The second-order valence-corrected chi connectivity index (χ2v) is 8.22. The van der Waals surface area contributed by atoms with Crippen molar-refractivity contribution in [2.75, 3.05) is 0 Å². The summed E-state index contributed by atoms with van der Waals surface area (Å²) in [5.74, 6) is 2.81. The summed E-state index contributed by atoms with van der Waals surface area (Å²) in [4.78, 5) is 0. The summed E-state index contributed by atoms with van der Waals surface area (Å²) in [6, 6.07) is 0. The predicted octanol–water partition coefficient (Wildman–Crippen LogP) is 9.14. The number of rotatable bonds is 18. The quantitative estimate of drug-likeness (QED) is 0.132. The second-order valence-electron chi connectivity index (χ2n) is 8.22. The molecule has 0 radical (unpaired) electrons. The highest BCUT2D eigenvalue weighted by molar-refractivity contribution is 5.15. The monoisotopic (exact) mass is 374 g/mol. The molecule has 0 aromatic carbocycles. The fraction of sp³-hybridized carbons (Fsp3) is 0.692. The Kier molecular flexibility index (Phi) is 17.3. The molecule has 0 aliphatic carbocycles. The zero-order valence-electron chi connectivity index (χ0n) is 18.8. The molecule has 0 bridgehead atoms. The molecule has 1 nitrogen and oxygen atoms in total. The molecule has 0 aliphatic heterocycles.